The third-order valence-corrected chi connectivity index (χ3v) is 4.36. The molecule has 1 saturated carbocycles. The van der Waals surface area contributed by atoms with Crippen molar-refractivity contribution >= 4 is 11.4 Å². The van der Waals surface area contributed by atoms with E-state index in [-0.39, 0.29) is 0 Å². The first-order valence-electron chi connectivity index (χ1n) is 6.76. The zero-order valence-corrected chi connectivity index (χ0v) is 11.1. The fraction of sp³-hybridized carbons (Fsp3) is 0.600. The molecule has 0 spiro atoms. The van der Waals surface area contributed by atoms with Crippen molar-refractivity contribution in [1.29, 1.82) is 0 Å². The lowest BCUT2D eigenvalue weighted by molar-refractivity contribution is 0.307. The third-order valence-electron chi connectivity index (χ3n) is 4.36. The van der Waals surface area contributed by atoms with E-state index < -0.39 is 0 Å². The van der Waals surface area contributed by atoms with Crippen molar-refractivity contribution in [3.8, 4) is 0 Å². The molecule has 1 fully saturated rings. The monoisotopic (exact) mass is 232 g/mol. The van der Waals surface area contributed by atoms with Crippen molar-refractivity contribution < 1.29 is 0 Å². The van der Waals surface area contributed by atoms with Gasteiger partial charge >= 0.3 is 0 Å². The molecule has 3 N–H and O–H groups in total. The average Bonchev–Trinajstić information content (AvgIpc) is 2.78. The highest BCUT2D eigenvalue weighted by Crippen LogP contribution is 2.41. The number of rotatable bonds is 4. The maximum Gasteiger partial charge on any atom is 0.0603 e. The lowest BCUT2D eigenvalue weighted by atomic mass is 9.83. The Labute approximate surface area is 105 Å². The van der Waals surface area contributed by atoms with E-state index in [1.165, 1.54) is 37.7 Å². The molecule has 0 amide bonds. The average molecular weight is 232 g/mol. The smallest absolute Gasteiger partial charge is 0.0603 e. The van der Waals surface area contributed by atoms with E-state index in [2.05, 4.69) is 25.2 Å². The van der Waals surface area contributed by atoms with Crippen molar-refractivity contribution in [2.24, 2.45) is 5.41 Å². The van der Waals surface area contributed by atoms with Gasteiger partial charge in [0.15, 0.2) is 0 Å². The van der Waals surface area contributed by atoms with Crippen LogP contribution in [0.25, 0.3) is 0 Å². The molecule has 2 nitrogen and oxygen atoms in total. The van der Waals surface area contributed by atoms with Crippen LogP contribution in [0.4, 0.5) is 11.4 Å². The number of hydrogen-bond donors (Lipinski definition) is 2. The highest BCUT2D eigenvalue weighted by atomic mass is 14.9. The van der Waals surface area contributed by atoms with Crippen molar-refractivity contribution in [3.63, 3.8) is 0 Å². The predicted octanol–water partition coefficient (Wildman–Crippen LogP) is 3.96. The minimum absolute atomic E-state index is 0.509. The van der Waals surface area contributed by atoms with Gasteiger partial charge in [-0.15, -0.1) is 0 Å². The maximum atomic E-state index is 6.03. The van der Waals surface area contributed by atoms with Crippen LogP contribution in [0.1, 0.15) is 44.6 Å². The van der Waals surface area contributed by atoms with Crippen LogP contribution in [0.3, 0.4) is 0 Å². The second-order valence-electron chi connectivity index (χ2n) is 5.45. The molecule has 1 aromatic rings. The van der Waals surface area contributed by atoms with Crippen LogP contribution in [0.5, 0.6) is 0 Å². The molecule has 94 valence electrons. The van der Waals surface area contributed by atoms with Crippen LogP contribution < -0.4 is 11.1 Å². The second kappa shape index (κ2) is 4.99. The fourth-order valence-electron chi connectivity index (χ4n) is 2.99. The van der Waals surface area contributed by atoms with Crippen LogP contribution in [0.15, 0.2) is 18.2 Å². The van der Waals surface area contributed by atoms with Crippen molar-refractivity contribution in [2.75, 3.05) is 17.6 Å². The summed E-state index contributed by atoms with van der Waals surface area (Å²) in [4.78, 5) is 0. The number of nitrogens with one attached hydrogen (secondary N) is 1. The SMILES string of the molecule is CCC1(CNc2c(C)cccc2N)CCCC1. The molecule has 0 heterocycles. The molecule has 0 aliphatic heterocycles. The molecular weight excluding hydrogens is 208 g/mol. The third kappa shape index (κ3) is 2.56. The number of nitrogens with two attached hydrogens (primary N) is 1. The van der Waals surface area contributed by atoms with E-state index in [1.54, 1.807) is 0 Å². The van der Waals surface area contributed by atoms with Crippen LogP contribution in [0.2, 0.25) is 0 Å². The Morgan fingerprint density at radius 1 is 1.29 bits per heavy atom. The summed E-state index contributed by atoms with van der Waals surface area (Å²) in [7, 11) is 0. The number of nitrogen functional groups attached to an aromatic ring is 1. The van der Waals surface area contributed by atoms with E-state index >= 15 is 0 Å². The highest BCUT2D eigenvalue weighted by molar-refractivity contribution is 5.69. The van der Waals surface area contributed by atoms with E-state index in [4.69, 9.17) is 5.73 Å². The minimum atomic E-state index is 0.509. The summed E-state index contributed by atoms with van der Waals surface area (Å²) in [6.45, 7) is 5.50. The molecule has 2 heteroatoms. The molecule has 0 unspecified atom stereocenters. The van der Waals surface area contributed by atoms with Gasteiger partial charge in [-0.1, -0.05) is 31.9 Å². The van der Waals surface area contributed by atoms with Gasteiger partial charge in [0.2, 0.25) is 0 Å². The zero-order chi connectivity index (χ0) is 12.3. The maximum absolute atomic E-state index is 6.03. The van der Waals surface area contributed by atoms with Gasteiger partial charge in [0.25, 0.3) is 0 Å². The Hall–Kier alpha value is -1.18. The van der Waals surface area contributed by atoms with Gasteiger partial charge in [-0.25, -0.2) is 0 Å². The van der Waals surface area contributed by atoms with Gasteiger partial charge in [-0.05, 0) is 43.2 Å². The van der Waals surface area contributed by atoms with Gasteiger partial charge in [0.1, 0.15) is 0 Å². The standard InChI is InChI=1S/C15H24N2/c1-3-15(9-4-5-10-15)11-17-14-12(2)7-6-8-13(14)16/h6-8,17H,3-5,9-11,16H2,1-2H3. The second-order valence-corrected chi connectivity index (χ2v) is 5.45. The fourth-order valence-corrected chi connectivity index (χ4v) is 2.99. The van der Waals surface area contributed by atoms with E-state index in [0.29, 0.717) is 5.41 Å². The van der Waals surface area contributed by atoms with Crippen molar-refractivity contribution in [2.45, 2.75) is 46.0 Å². The number of para-hydroxylation sites is 1. The topological polar surface area (TPSA) is 38.0 Å². The Kier molecular flexibility index (Phi) is 3.60. The van der Waals surface area contributed by atoms with Crippen molar-refractivity contribution in [1.82, 2.24) is 0 Å². The molecular formula is C15H24N2. The Morgan fingerprint density at radius 2 is 2.00 bits per heavy atom. The molecule has 0 radical (unpaired) electrons. The van der Waals surface area contributed by atoms with Gasteiger partial charge in [-0.2, -0.15) is 0 Å². The van der Waals surface area contributed by atoms with Crippen LogP contribution in [-0.2, 0) is 0 Å². The first-order chi connectivity index (χ1) is 8.17. The van der Waals surface area contributed by atoms with Crippen molar-refractivity contribution in [3.05, 3.63) is 23.8 Å². The van der Waals surface area contributed by atoms with Gasteiger partial charge in [0.05, 0.1) is 11.4 Å². The lowest BCUT2D eigenvalue weighted by Crippen LogP contribution is -2.26. The summed E-state index contributed by atoms with van der Waals surface area (Å²) < 4.78 is 0. The summed E-state index contributed by atoms with van der Waals surface area (Å²) in [5.41, 5.74) is 9.78. The first-order valence-corrected chi connectivity index (χ1v) is 6.76. The van der Waals surface area contributed by atoms with Crippen LogP contribution >= 0.6 is 0 Å². The lowest BCUT2D eigenvalue weighted by Gasteiger charge is -2.29. The normalized spacial score (nSPS) is 18.2. The Bertz CT molecular complexity index is 358. The van der Waals surface area contributed by atoms with E-state index in [9.17, 15) is 0 Å². The number of anilines is 2. The van der Waals surface area contributed by atoms with Gasteiger partial charge in [0, 0.05) is 6.54 Å². The predicted molar refractivity (Wildman–Crippen MR) is 75.3 cm³/mol. The van der Waals surface area contributed by atoms with Crippen LogP contribution in [0, 0.1) is 12.3 Å². The summed E-state index contributed by atoms with van der Waals surface area (Å²) in [6, 6.07) is 6.11. The Morgan fingerprint density at radius 3 is 2.59 bits per heavy atom. The van der Waals surface area contributed by atoms with E-state index in [0.717, 1.165) is 17.9 Å². The number of hydrogen-bond acceptors (Lipinski definition) is 2. The molecule has 0 saturated heterocycles. The molecule has 0 bridgehead atoms. The molecule has 1 aliphatic carbocycles. The molecule has 1 aromatic carbocycles. The van der Waals surface area contributed by atoms with E-state index in [1.807, 2.05) is 12.1 Å². The quantitative estimate of drug-likeness (QED) is 0.771. The summed E-state index contributed by atoms with van der Waals surface area (Å²) in [6.07, 6.45) is 6.77. The summed E-state index contributed by atoms with van der Waals surface area (Å²) in [5, 5.41) is 3.59. The van der Waals surface area contributed by atoms with Gasteiger partial charge < -0.3 is 11.1 Å². The molecule has 0 aromatic heterocycles. The Balaban J connectivity index is 2.06. The molecule has 17 heavy (non-hydrogen) atoms. The highest BCUT2D eigenvalue weighted by Gasteiger charge is 2.31. The largest absolute Gasteiger partial charge is 0.397 e. The number of aryl methyl sites for hydroxylation is 1. The molecule has 2 rings (SSSR count). The first kappa shape index (κ1) is 12.3. The zero-order valence-electron chi connectivity index (χ0n) is 11.1. The number of benzene rings is 1. The summed E-state index contributed by atoms with van der Waals surface area (Å²) in [5.74, 6) is 0. The summed E-state index contributed by atoms with van der Waals surface area (Å²) >= 11 is 0. The van der Waals surface area contributed by atoms with Crippen LogP contribution in [-0.4, -0.2) is 6.54 Å². The molecule has 0 atom stereocenters. The minimum Gasteiger partial charge on any atom is -0.397 e. The van der Waals surface area contributed by atoms with Gasteiger partial charge in [-0.3, -0.25) is 0 Å². The molecule has 1 aliphatic rings.